The van der Waals surface area contributed by atoms with Crippen molar-refractivity contribution in [2.45, 2.75) is 20.1 Å². The van der Waals surface area contributed by atoms with Crippen molar-refractivity contribution < 1.29 is 4.84 Å². The van der Waals surface area contributed by atoms with Gasteiger partial charge in [-0.25, -0.2) is 0 Å². The van der Waals surface area contributed by atoms with Crippen molar-refractivity contribution in [3.63, 3.8) is 0 Å². The maximum absolute atomic E-state index is 5.43. The van der Waals surface area contributed by atoms with Crippen LogP contribution in [0.3, 0.4) is 0 Å². The number of rotatable bonds is 5. The van der Waals surface area contributed by atoms with Crippen molar-refractivity contribution in [1.82, 2.24) is 5.48 Å². The van der Waals surface area contributed by atoms with Gasteiger partial charge in [0, 0.05) is 6.54 Å². The monoisotopic (exact) mass is 227 g/mol. The van der Waals surface area contributed by atoms with E-state index in [1.807, 2.05) is 24.3 Å². The summed E-state index contributed by atoms with van der Waals surface area (Å²) in [5, 5.41) is 0. The van der Waals surface area contributed by atoms with E-state index in [0.29, 0.717) is 6.61 Å². The molecular weight excluding hydrogens is 210 g/mol. The zero-order valence-electron chi connectivity index (χ0n) is 10.0. The summed E-state index contributed by atoms with van der Waals surface area (Å²) < 4.78 is 0. The van der Waals surface area contributed by atoms with E-state index in [-0.39, 0.29) is 0 Å². The Kier molecular flexibility index (Phi) is 4.30. The molecule has 2 aromatic rings. The highest BCUT2D eigenvalue weighted by molar-refractivity contribution is 5.21. The van der Waals surface area contributed by atoms with Crippen LogP contribution in [-0.2, 0) is 18.0 Å². The maximum Gasteiger partial charge on any atom is 0.0933 e. The van der Waals surface area contributed by atoms with Crippen LogP contribution in [0.5, 0.6) is 0 Å². The van der Waals surface area contributed by atoms with Crippen LogP contribution < -0.4 is 5.48 Å². The lowest BCUT2D eigenvalue weighted by Crippen LogP contribution is -2.13. The van der Waals surface area contributed by atoms with Gasteiger partial charge in [-0.05, 0) is 18.1 Å². The molecule has 88 valence electrons. The zero-order chi connectivity index (χ0) is 11.9. The van der Waals surface area contributed by atoms with Gasteiger partial charge in [-0.1, -0.05) is 60.2 Å². The van der Waals surface area contributed by atoms with Gasteiger partial charge in [0.1, 0.15) is 0 Å². The van der Waals surface area contributed by atoms with Gasteiger partial charge in [0.25, 0.3) is 0 Å². The van der Waals surface area contributed by atoms with E-state index >= 15 is 0 Å². The average molecular weight is 227 g/mol. The Labute approximate surface area is 102 Å². The molecular formula is C15H17NO. The van der Waals surface area contributed by atoms with E-state index < -0.39 is 0 Å². The van der Waals surface area contributed by atoms with Gasteiger partial charge < -0.3 is 0 Å². The van der Waals surface area contributed by atoms with E-state index in [1.165, 1.54) is 16.7 Å². The number of aryl methyl sites for hydroxylation is 1. The Morgan fingerprint density at radius 1 is 0.941 bits per heavy atom. The van der Waals surface area contributed by atoms with Crippen LogP contribution in [0.4, 0.5) is 0 Å². The fraction of sp³-hybridized carbons (Fsp3) is 0.200. The number of hydroxylamine groups is 1. The maximum atomic E-state index is 5.43. The Bertz CT molecular complexity index is 453. The molecule has 0 unspecified atom stereocenters. The molecule has 0 atom stereocenters. The minimum atomic E-state index is 0.592. The second-order valence-electron chi connectivity index (χ2n) is 4.08. The van der Waals surface area contributed by atoms with Gasteiger partial charge in [-0.2, -0.15) is 5.48 Å². The molecule has 2 rings (SSSR count). The zero-order valence-corrected chi connectivity index (χ0v) is 10.0. The van der Waals surface area contributed by atoms with Gasteiger partial charge in [0.2, 0.25) is 0 Å². The highest BCUT2D eigenvalue weighted by atomic mass is 16.6. The number of hydrogen-bond acceptors (Lipinski definition) is 2. The van der Waals surface area contributed by atoms with Gasteiger partial charge in [-0.3, -0.25) is 4.84 Å². The fourth-order valence-corrected chi connectivity index (χ4v) is 1.67. The Hall–Kier alpha value is -1.64. The first-order valence-corrected chi connectivity index (χ1v) is 5.79. The predicted octanol–water partition coefficient (Wildman–Crippen LogP) is 3.22. The predicted molar refractivity (Wildman–Crippen MR) is 69.2 cm³/mol. The van der Waals surface area contributed by atoms with E-state index in [0.717, 1.165) is 6.54 Å². The van der Waals surface area contributed by atoms with Crippen molar-refractivity contribution in [2.24, 2.45) is 0 Å². The quantitative estimate of drug-likeness (QED) is 0.625. The lowest BCUT2D eigenvalue weighted by Gasteiger charge is -2.06. The summed E-state index contributed by atoms with van der Waals surface area (Å²) in [6.45, 7) is 3.40. The molecule has 2 nitrogen and oxygen atoms in total. The molecule has 0 bridgehead atoms. The number of hydrogen-bond donors (Lipinski definition) is 1. The van der Waals surface area contributed by atoms with Crippen LogP contribution in [0.1, 0.15) is 16.7 Å². The summed E-state index contributed by atoms with van der Waals surface area (Å²) in [6, 6.07) is 18.5. The summed E-state index contributed by atoms with van der Waals surface area (Å²) in [5.74, 6) is 0. The minimum Gasteiger partial charge on any atom is -0.297 e. The topological polar surface area (TPSA) is 21.3 Å². The van der Waals surface area contributed by atoms with Crippen LogP contribution >= 0.6 is 0 Å². The minimum absolute atomic E-state index is 0.592. The molecule has 0 saturated carbocycles. The standard InChI is InChI=1S/C15H17NO/c1-13-6-5-9-15(10-13)12-17-16-11-14-7-3-2-4-8-14/h2-10,16H,11-12H2,1H3. The third kappa shape index (κ3) is 4.02. The summed E-state index contributed by atoms with van der Waals surface area (Å²) in [4.78, 5) is 5.43. The normalized spacial score (nSPS) is 10.4. The highest BCUT2D eigenvalue weighted by Gasteiger charge is 1.94. The Balaban J connectivity index is 1.73. The Morgan fingerprint density at radius 3 is 2.47 bits per heavy atom. The van der Waals surface area contributed by atoms with E-state index in [1.54, 1.807) is 0 Å². The second-order valence-corrected chi connectivity index (χ2v) is 4.08. The van der Waals surface area contributed by atoms with Gasteiger partial charge in [-0.15, -0.1) is 0 Å². The molecule has 2 aromatic carbocycles. The molecule has 2 heteroatoms. The van der Waals surface area contributed by atoms with Crippen LogP contribution in [0.15, 0.2) is 54.6 Å². The lowest BCUT2D eigenvalue weighted by molar-refractivity contribution is 0.0235. The molecule has 17 heavy (non-hydrogen) atoms. The molecule has 1 N–H and O–H groups in total. The molecule has 0 saturated heterocycles. The van der Waals surface area contributed by atoms with Crippen molar-refractivity contribution in [3.05, 3.63) is 71.3 Å². The molecule has 0 spiro atoms. The number of benzene rings is 2. The Morgan fingerprint density at radius 2 is 1.71 bits per heavy atom. The largest absolute Gasteiger partial charge is 0.297 e. The van der Waals surface area contributed by atoms with Crippen molar-refractivity contribution in [2.75, 3.05) is 0 Å². The summed E-state index contributed by atoms with van der Waals surface area (Å²) >= 11 is 0. The smallest absolute Gasteiger partial charge is 0.0933 e. The van der Waals surface area contributed by atoms with Gasteiger partial charge in [0.05, 0.1) is 6.61 Å². The summed E-state index contributed by atoms with van der Waals surface area (Å²) in [7, 11) is 0. The van der Waals surface area contributed by atoms with Gasteiger partial charge >= 0.3 is 0 Å². The van der Waals surface area contributed by atoms with E-state index in [2.05, 4.69) is 42.7 Å². The van der Waals surface area contributed by atoms with Crippen LogP contribution in [0.25, 0.3) is 0 Å². The molecule has 0 aliphatic carbocycles. The van der Waals surface area contributed by atoms with Crippen LogP contribution in [0.2, 0.25) is 0 Å². The van der Waals surface area contributed by atoms with Crippen LogP contribution in [0, 0.1) is 6.92 Å². The highest BCUT2D eigenvalue weighted by Crippen LogP contribution is 2.04. The third-order valence-corrected chi connectivity index (χ3v) is 2.54. The molecule has 0 amide bonds. The molecule has 0 radical (unpaired) electrons. The molecule has 0 aromatic heterocycles. The number of nitrogens with one attached hydrogen (secondary N) is 1. The van der Waals surface area contributed by atoms with Gasteiger partial charge in [0.15, 0.2) is 0 Å². The molecule has 0 fully saturated rings. The summed E-state index contributed by atoms with van der Waals surface area (Å²) in [5.41, 5.74) is 6.63. The van der Waals surface area contributed by atoms with Crippen LogP contribution in [-0.4, -0.2) is 0 Å². The molecule has 0 aliphatic rings. The first-order chi connectivity index (χ1) is 8.34. The van der Waals surface area contributed by atoms with Crippen molar-refractivity contribution in [1.29, 1.82) is 0 Å². The third-order valence-electron chi connectivity index (χ3n) is 2.54. The fourth-order valence-electron chi connectivity index (χ4n) is 1.67. The SMILES string of the molecule is Cc1cccc(CONCc2ccccc2)c1. The van der Waals surface area contributed by atoms with Crippen molar-refractivity contribution >= 4 is 0 Å². The average Bonchev–Trinajstić information content (AvgIpc) is 2.36. The molecule has 0 heterocycles. The lowest BCUT2D eigenvalue weighted by atomic mass is 10.1. The molecule has 0 aliphatic heterocycles. The van der Waals surface area contributed by atoms with E-state index in [9.17, 15) is 0 Å². The van der Waals surface area contributed by atoms with E-state index in [4.69, 9.17) is 4.84 Å². The first-order valence-electron chi connectivity index (χ1n) is 5.79. The van der Waals surface area contributed by atoms with Crippen molar-refractivity contribution in [3.8, 4) is 0 Å². The first kappa shape index (κ1) is 11.8. The second kappa shape index (κ2) is 6.18. The summed E-state index contributed by atoms with van der Waals surface area (Å²) in [6.07, 6.45) is 0.